The average molecular weight is 497 g/mol. The van der Waals surface area contributed by atoms with Crippen molar-refractivity contribution in [1.29, 1.82) is 0 Å². The third-order valence-electron chi connectivity index (χ3n) is 4.55. The molecule has 0 N–H and O–H groups in total. The van der Waals surface area contributed by atoms with Crippen molar-refractivity contribution in [2.24, 2.45) is 0 Å². The summed E-state index contributed by atoms with van der Waals surface area (Å²) in [5.41, 5.74) is 0.254. The number of hydrogen-bond donors (Lipinski definition) is 0. The summed E-state index contributed by atoms with van der Waals surface area (Å²) in [7, 11) is -3.94. The molecule has 3 rings (SSSR count). The normalized spacial score (nSPS) is 15.7. The Balaban J connectivity index is 1.63. The maximum atomic E-state index is 12.9. The van der Waals surface area contributed by atoms with Gasteiger partial charge in [-0.25, -0.2) is 8.42 Å². The number of halogens is 5. The van der Waals surface area contributed by atoms with E-state index in [2.05, 4.69) is 4.74 Å². The lowest BCUT2D eigenvalue weighted by Crippen LogP contribution is -2.50. The van der Waals surface area contributed by atoms with E-state index in [1.165, 1.54) is 45.6 Å². The summed E-state index contributed by atoms with van der Waals surface area (Å²) < 4.78 is 68.3. The number of hydrogen-bond acceptors (Lipinski definition) is 4. The molecule has 1 amide bonds. The lowest BCUT2D eigenvalue weighted by Gasteiger charge is -2.34. The van der Waals surface area contributed by atoms with Crippen LogP contribution < -0.4 is 4.74 Å². The van der Waals surface area contributed by atoms with Gasteiger partial charge < -0.3 is 9.64 Å². The predicted molar refractivity (Wildman–Crippen MR) is 109 cm³/mol. The van der Waals surface area contributed by atoms with Gasteiger partial charge in [-0.2, -0.15) is 17.5 Å². The van der Waals surface area contributed by atoms with Gasteiger partial charge in [-0.1, -0.05) is 29.3 Å². The van der Waals surface area contributed by atoms with Crippen molar-refractivity contribution in [1.82, 2.24) is 9.21 Å². The molecule has 31 heavy (non-hydrogen) atoms. The molecule has 1 aliphatic heterocycles. The SMILES string of the molecule is O=C(c1ccc(OCC(F)(F)F)cc1)N1CCN(S(=O)(=O)c2c(Cl)cccc2Cl)CC1. The molecule has 0 saturated carbocycles. The van der Waals surface area contributed by atoms with E-state index in [9.17, 15) is 26.4 Å². The number of piperazine rings is 1. The van der Waals surface area contributed by atoms with Crippen LogP contribution >= 0.6 is 23.2 Å². The van der Waals surface area contributed by atoms with Gasteiger partial charge in [0.2, 0.25) is 10.0 Å². The number of ether oxygens (including phenoxy) is 1. The van der Waals surface area contributed by atoms with Crippen LogP contribution in [0.15, 0.2) is 47.4 Å². The Morgan fingerprint density at radius 1 is 0.968 bits per heavy atom. The Morgan fingerprint density at radius 2 is 1.52 bits per heavy atom. The van der Waals surface area contributed by atoms with Crippen molar-refractivity contribution in [3.63, 3.8) is 0 Å². The smallest absolute Gasteiger partial charge is 0.422 e. The van der Waals surface area contributed by atoms with Gasteiger partial charge in [-0.3, -0.25) is 4.79 Å². The molecule has 1 fully saturated rings. The lowest BCUT2D eigenvalue weighted by molar-refractivity contribution is -0.153. The van der Waals surface area contributed by atoms with E-state index in [-0.39, 0.29) is 58.3 Å². The van der Waals surface area contributed by atoms with Crippen LogP contribution in [0.4, 0.5) is 13.2 Å². The zero-order chi connectivity index (χ0) is 22.8. The molecule has 168 valence electrons. The summed E-state index contributed by atoms with van der Waals surface area (Å²) in [6.07, 6.45) is -4.46. The van der Waals surface area contributed by atoms with E-state index in [1.807, 2.05) is 0 Å². The molecule has 0 unspecified atom stereocenters. The van der Waals surface area contributed by atoms with E-state index < -0.39 is 22.8 Å². The zero-order valence-corrected chi connectivity index (χ0v) is 18.2. The minimum absolute atomic E-state index is 0.0126. The maximum Gasteiger partial charge on any atom is 0.422 e. The number of rotatable bonds is 5. The van der Waals surface area contributed by atoms with E-state index in [4.69, 9.17) is 23.2 Å². The highest BCUT2D eigenvalue weighted by Gasteiger charge is 2.33. The first-order valence-corrected chi connectivity index (χ1v) is 11.2. The minimum atomic E-state index is -4.46. The van der Waals surface area contributed by atoms with Gasteiger partial charge in [0, 0.05) is 31.7 Å². The molecule has 0 aromatic heterocycles. The van der Waals surface area contributed by atoms with E-state index in [0.717, 1.165) is 0 Å². The standard InChI is InChI=1S/C19H17Cl2F3N2O4S/c20-15-2-1-3-16(21)17(15)31(28,29)26-10-8-25(9-11-26)18(27)13-4-6-14(7-5-13)30-12-19(22,23)24/h1-7H,8-12H2. The maximum absolute atomic E-state index is 12.9. The summed E-state index contributed by atoms with van der Waals surface area (Å²) in [6.45, 7) is -1.07. The topological polar surface area (TPSA) is 66.9 Å². The number of benzene rings is 2. The van der Waals surface area contributed by atoms with Crippen LogP contribution in [0.3, 0.4) is 0 Å². The van der Waals surface area contributed by atoms with Crippen LogP contribution in [0.25, 0.3) is 0 Å². The van der Waals surface area contributed by atoms with Gasteiger partial charge in [0.05, 0.1) is 10.0 Å². The first kappa shape index (κ1) is 23.6. The fraction of sp³-hybridized carbons (Fsp3) is 0.316. The largest absolute Gasteiger partial charge is 0.484 e. The highest BCUT2D eigenvalue weighted by Crippen LogP contribution is 2.32. The van der Waals surface area contributed by atoms with Crippen molar-refractivity contribution in [3.05, 3.63) is 58.1 Å². The minimum Gasteiger partial charge on any atom is -0.484 e. The molecule has 0 radical (unpaired) electrons. The van der Waals surface area contributed by atoms with Crippen LogP contribution in [0.2, 0.25) is 10.0 Å². The number of nitrogens with zero attached hydrogens (tertiary/aromatic N) is 2. The number of alkyl halides is 3. The molecule has 1 heterocycles. The Bertz CT molecular complexity index is 1030. The van der Waals surface area contributed by atoms with Crippen molar-refractivity contribution < 1.29 is 31.1 Å². The Kier molecular flexibility index (Phi) is 7.04. The number of carbonyl (C=O) groups is 1. The molecule has 2 aromatic carbocycles. The molecular weight excluding hydrogens is 480 g/mol. The third kappa shape index (κ3) is 5.62. The lowest BCUT2D eigenvalue weighted by atomic mass is 10.2. The van der Waals surface area contributed by atoms with Crippen molar-refractivity contribution >= 4 is 39.1 Å². The summed E-state index contributed by atoms with van der Waals surface area (Å²) in [6, 6.07) is 9.68. The summed E-state index contributed by atoms with van der Waals surface area (Å²) in [5, 5.41) is 0.0256. The first-order valence-electron chi connectivity index (χ1n) is 9.02. The second kappa shape index (κ2) is 9.23. The van der Waals surface area contributed by atoms with Gasteiger partial charge >= 0.3 is 6.18 Å². The molecule has 0 aliphatic carbocycles. The summed E-state index contributed by atoms with van der Waals surface area (Å²) in [4.78, 5) is 13.9. The molecule has 12 heteroatoms. The van der Waals surface area contributed by atoms with Crippen molar-refractivity contribution in [3.8, 4) is 5.75 Å². The Hall–Kier alpha value is -2.01. The fourth-order valence-electron chi connectivity index (χ4n) is 3.03. The molecule has 0 bridgehead atoms. The third-order valence-corrected chi connectivity index (χ3v) is 7.40. The second-order valence-corrected chi connectivity index (χ2v) is 9.36. The number of amides is 1. The Morgan fingerprint density at radius 3 is 2.03 bits per heavy atom. The fourth-order valence-corrected chi connectivity index (χ4v) is 5.54. The van der Waals surface area contributed by atoms with Gasteiger partial charge in [0.15, 0.2) is 6.61 Å². The zero-order valence-electron chi connectivity index (χ0n) is 15.9. The molecule has 6 nitrogen and oxygen atoms in total. The van der Waals surface area contributed by atoms with Gasteiger partial charge in [-0.05, 0) is 36.4 Å². The van der Waals surface area contributed by atoms with Crippen molar-refractivity contribution in [2.75, 3.05) is 32.8 Å². The molecular formula is C19H17Cl2F3N2O4S. The summed E-state index contributed by atoms with van der Waals surface area (Å²) in [5.74, 6) is -0.378. The van der Waals surface area contributed by atoms with Crippen molar-refractivity contribution in [2.45, 2.75) is 11.1 Å². The predicted octanol–water partition coefficient (Wildman–Crippen LogP) is 4.08. The average Bonchev–Trinajstić information content (AvgIpc) is 2.71. The molecule has 0 atom stereocenters. The first-order chi connectivity index (χ1) is 14.5. The highest BCUT2D eigenvalue weighted by atomic mass is 35.5. The molecule has 2 aromatic rings. The summed E-state index contributed by atoms with van der Waals surface area (Å²) >= 11 is 12.1. The van der Waals surface area contributed by atoms with Crippen LogP contribution in [0.1, 0.15) is 10.4 Å². The monoisotopic (exact) mass is 496 g/mol. The molecule has 1 saturated heterocycles. The van der Waals surface area contributed by atoms with Crippen LogP contribution in [-0.2, 0) is 10.0 Å². The Labute approximate surface area is 187 Å². The number of carbonyl (C=O) groups excluding carboxylic acids is 1. The van der Waals surface area contributed by atoms with Gasteiger partial charge in [0.25, 0.3) is 5.91 Å². The van der Waals surface area contributed by atoms with Crippen LogP contribution in [0.5, 0.6) is 5.75 Å². The molecule has 0 spiro atoms. The highest BCUT2D eigenvalue weighted by molar-refractivity contribution is 7.89. The molecule has 1 aliphatic rings. The van der Waals surface area contributed by atoms with Gasteiger partial charge in [0.1, 0.15) is 10.6 Å². The van der Waals surface area contributed by atoms with E-state index in [1.54, 1.807) is 6.07 Å². The van der Waals surface area contributed by atoms with Gasteiger partial charge in [-0.15, -0.1) is 0 Å². The number of sulfonamides is 1. The quantitative estimate of drug-likeness (QED) is 0.625. The second-order valence-electron chi connectivity index (χ2n) is 6.68. The van der Waals surface area contributed by atoms with Crippen LogP contribution in [-0.4, -0.2) is 62.5 Å². The van der Waals surface area contributed by atoms with E-state index >= 15 is 0 Å². The van der Waals surface area contributed by atoms with E-state index in [0.29, 0.717) is 0 Å². The van der Waals surface area contributed by atoms with Crippen LogP contribution in [0, 0.1) is 0 Å².